The monoisotopic (exact) mass is 262 g/mol. The van der Waals surface area contributed by atoms with Gasteiger partial charge >= 0.3 is 0 Å². The van der Waals surface area contributed by atoms with Gasteiger partial charge in [0.1, 0.15) is 11.6 Å². The fourth-order valence-corrected chi connectivity index (χ4v) is 1.74. The number of carbonyl (C=O) groups excluding carboxylic acids is 1. The van der Waals surface area contributed by atoms with Crippen molar-refractivity contribution in [2.45, 2.75) is 26.7 Å². The maximum absolute atomic E-state index is 13.2. The quantitative estimate of drug-likeness (QED) is 0.889. The summed E-state index contributed by atoms with van der Waals surface area (Å²) < 4.78 is 13.2. The lowest BCUT2D eigenvalue weighted by molar-refractivity contribution is 0.101. The molecule has 0 radical (unpaired) electrons. The minimum atomic E-state index is -0.455. The SMILES string of the molecule is CCCc1nc(C(=O)Nc2cc(C)cc(F)c2)n[nH]1. The second-order valence-electron chi connectivity index (χ2n) is 4.33. The van der Waals surface area contributed by atoms with Crippen molar-refractivity contribution in [1.82, 2.24) is 15.2 Å². The maximum atomic E-state index is 13.2. The summed E-state index contributed by atoms with van der Waals surface area (Å²) >= 11 is 0. The third-order valence-corrected chi connectivity index (χ3v) is 2.52. The van der Waals surface area contributed by atoms with Gasteiger partial charge in [-0.2, -0.15) is 0 Å². The molecule has 5 nitrogen and oxygen atoms in total. The second kappa shape index (κ2) is 5.60. The summed E-state index contributed by atoms with van der Waals surface area (Å²) in [6.45, 7) is 3.77. The van der Waals surface area contributed by atoms with Gasteiger partial charge in [-0.25, -0.2) is 9.37 Å². The van der Waals surface area contributed by atoms with Crippen LogP contribution in [0.25, 0.3) is 0 Å². The molecule has 0 saturated carbocycles. The van der Waals surface area contributed by atoms with E-state index in [1.54, 1.807) is 13.0 Å². The number of nitrogens with zero attached hydrogens (tertiary/aromatic N) is 2. The Bertz CT molecular complexity index is 574. The molecule has 0 atom stereocenters. The summed E-state index contributed by atoms with van der Waals surface area (Å²) in [6.07, 6.45) is 1.65. The molecule has 0 aliphatic rings. The van der Waals surface area contributed by atoms with Gasteiger partial charge < -0.3 is 5.32 Å². The lowest BCUT2D eigenvalue weighted by Gasteiger charge is -2.03. The first-order chi connectivity index (χ1) is 9.08. The average Bonchev–Trinajstić information content (AvgIpc) is 2.76. The maximum Gasteiger partial charge on any atom is 0.295 e. The number of anilines is 1. The number of aromatic nitrogens is 3. The predicted octanol–water partition coefficient (Wildman–Crippen LogP) is 2.46. The number of hydrogen-bond donors (Lipinski definition) is 2. The van der Waals surface area contributed by atoms with Gasteiger partial charge in [-0.05, 0) is 37.1 Å². The number of nitrogens with one attached hydrogen (secondary N) is 2. The van der Waals surface area contributed by atoms with Crippen molar-refractivity contribution in [2.75, 3.05) is 5.32 Å². The fourth-order valence-electron chi connectivity index (χ4n) is 1.74. The van der Waals surface area contributed by atoms with Gasteiger partial charge in [-0.1, -0.05) is 6.92 Å². The summed E-state index contributed by atoms with van der Waals surface area (Å²) in [7, 11) is 0. The molecule has 0 aliphatic carbocycles. The molecule has 19 heavy (non-hydrogen) atoms. The minimum absolute atomic E-state index is 0.0605. The van der Waals surface area contributed by atoms with Gasteiger partial charge in [0, 0.05) is 12.1 Å². The zero-order valence-electron chi connectivity index (χ0n) is 10.8. The highest BCUT2D eigenvalue weighted by Gasteiger charge is 2.12. The fraction of sp³-hybridized carbons (Fsp3) is 0.308. The number of hydrogen-bond acceptors (Lipinski definition) is 3. The van der Waals surface area contributed by atoms with Crippen LogP contribution in [0.5, 0.6) is 0 Å². The minimum Gasteiger partial charge on any atom is -0.319 e. The summed E-state index contributed by atoms with van der Waals surface area (Å²) in [5.41, 5.74) is 1.13. The number of aryl methyl sites for hydroxylation is 2. The van der Waals surface area contributed by atoms with E-state index in [4.69, 9.17) is 0 Å². The number of H-pyrrole nitrogens is 1. The van der Waals surface area contributed by atoms with E-state index < -0.39 is 11.7 Å². The van der Waals surface area contributed by atoms with Crippen LogP contribution in [0.2, 0.25) is 0 Å². The molecular formula is C13H15FN4O. The highest BCUT2D eigenvalue weighted by atomic mass is 19.1. The molecule has 2 rings (SSSR count). The van der Waals surface area contributed by atoms with Crippen molar-refractivity contribution in [1.29, 1.82) is 0 Å². The Morgan fingerprint density at radius 3 is 2.89 bits per heavy atom. The number of aromatic amines is 1. The van der Waals surface area contributed by atoms with Crippen LogP contribution in [0, 0.1) is 12.7 Å². The van der Waals surface area contributed by atoms with Crippen molar-refractivity contribution in [2.24, 2.45) is 0 Å². The summed E-state index contributed by atoms with van der Waals surface area (Å²) in [5.74, 6) is -0.117. The van der Waals surface area contributed by atoms with Crippen LogP contribution in [0.1, 0.15) is 35.4 Å². The van der Waals surface area contributed by atoms with Crippen molar-refractivity contribution < 1.29 is 9.18 Å². The number of amides is 1. The molecule has 0 unspecified atom stereocenters. The zero-order valence-corrected chi connectivity index (χ0v) is 10.8. The van der Waals surface area contributed by atoms with E-state index in [-0.39, 0.29) is 5.82 Å². The van der Waals surface area contributed by atoms with E-state index in [2.05, 4.69) is 20.5 Å². The van der Waals surface area contributed by atoms with Crippen LogP contribution in [-0.2, 0) is 6.42 Å². The van der Waals surface area contributed by atoms with E-state index in [0.29, 0.717) is 11.5 Å². The molecule has 2 aromatic rings. The van der Waals surface area contributed by atoms with Crippen LogP contribution in [0.3, 0.4) is 0 Å². The molecule has 0 fully saturated rings. The van der Waals surface area contributed by atoms with Gasteiger partial charge in [0.15, 0.2) is 0 Å². The number of carbonyl (C=O) groups is 1. The third-order valence-electron chi connectivity index (χ3n) is 2.52. The number of benzene rings is 1. The first-order valence-corrected chi connectivity index (χ1v) is 6.08. The first kappa shape index (κ1) is 13.2. The van der Waals surface area contributed by atoms with Crippen LogP contribution >= 0.6 is 0 Å². The molecule has 0 aliphatic heterocycles. The highest BCUT2D eigenvalue weighted by molar-refractivity contribution is 6.01. The Labute approximate surface area is 110 Å². The summed E-state index contributed by atoms with van der Waals surface area (Å²) in [5, 5.41) is 9.11. The van der Waals surface area contributed by atoms with Gasteiger partial charge in [0.05, 0.1) is 0 Å². The molecule has 6 heteroatoms. The molecule has 0 saturated heterocycles. The van der Waals surface area contributed by atoms with Gasteiger partial charge in [-0.15, -0.1) is 5.10 Å². The lowest BCUT2D eigenvalue weighted by atomic mass is 10.2. The molecule has 0 spiro atoms. The topological polar surface area (TPSA) is 70.7 Å². The molecule has 100 valence electrons. The molecule has 1 amide bonds. The Kier molecular flexibility index (Phi) is 3.89. The molecule has 0 bridgehead atoms. The zero-order chi connectivity index (χ0) is 13.8. The average molecular weight is 262 g/mol. The largest absolute Gasteiger partial charge is 0.319 e. The standard InChI is InChI=1S/C13H15FN4O/c1-3-4-11-16-12(18-17-11)13(19)15-10-6-8(2)5-9(14)7-10/h5-7H,3-4H2,1-2H3,(H,15,19)(H,16,17,18). The lowest BCUT2D eigenvalue weighted by Crippen LogP contribution is -2.14. The van der Waals surface area contributed by atoms with Gasteiger partial charge in [0.25, 0.3) is 5.91 Å². The van der Waals surface area contributed by atoms with E-state index in [1.165, 1.54) is 12.1 Å². The Morgan fingerprint density at radius 1 is 1.42 bits per heavy atom. The number of halogens is 1. The van der Waals surface area contributed by atoms with Gasteiger partial charge in [0.2, 0.25) is 5.82 Å². The first-order valence-electron chi connectivity index (χ1n) is 6.08. The molecule has 2 N–H and O–H groups in total. The molecular weight excluding hydrogens is 247 g/mol. The smallest absolute Gasteiger partial charge is 0.295 e. The Balaban J connectivity index is 2.11. The van der Waals surface area contributed by atoms with E-state index in [0.717, 1.165) is 18.4 Å². The van der Waals surface area contributed by atoms with Gasteiger partial charge in [-0.3, -0.25) is 9.89 Å². The summed E-state index contributed by atoms with van der Waals surface area (Å²) in [4.78, 5) is 15.9. The second-order valence-corrected chi connectivity index (χ2v) is 4.33. The van der Waals surface area contributed by atoms with E-state index in [1.807, 2.05) is 6.92 Å². The van der Waals surface area contributed by atoms with Crippen LogP contribution in [0.15, 0.2) is 18.2 Å². The molecule has 1 aromatic carbocycles. The molecule has 1 heterocycles. The third kappa shape index (κ3) is 3.37. The van der Waals surface area contributed by atoms with Crippen LogP contribution in [-0.4, -0.2) is 21.1 Å². The Morgan fingerprint density at radius 2 is 2.21 bits per heavy atom. The number of rotatable bonds is 4. The van der Waals surface area contributed by atoms with Crippen molar-refractivity contribution in [3.8, 4) is 0 Å². The van der Waals surface area contributed by atoms with E-state index in [9.17, 15) is 9.18 Å². The van der Waals surface area contributed by atoms with Crippen LogP contribution in [0.4, 0.5) is 10.1 Å². The van der Waals surface area contributed by atoms with E-state index >= 15 is 0 Å². The van der Waals surface area contributed by atoms with Crippen LogP contribution < -0.4 is 5.32 Å². The predicted molar refractivity (Wildman–Crippen MR) is 69.5 cm³/mol. The van der Waals surface area contributed by atoms with Crippen molar-refractivity contribution >= 4 is 11.6 Å². The highest BCUT2D eigenvalue weighted by Crippen LogP contribution is 2.13. The summed E-state index contributed by atoms with van der Waals surface area (Å²) in [6, 6.07) is 4.33. The normalized spacial score (nSPS) is 10.5. The van der Waals surface area contributed by atoms with Crippen molar-refractivity contribution in [3.63, 3.8) is 0 Å². The molecule has 1 aromatic heterocycles. The van der Waals surface area contributed by atoms with Crippen molar-refractivity contribution in [3.05, 3.63) is 41.2 Å². The Hall–Kier alpha value is -2.24.